The Morgan fingerprint density at radius 2 is 1.82 bits per heavy atom. The van der Waals surface area contributed by atoms with Gasteiger partial charge in [0.2, 0.25) is 0 Å². The van der Waals surface area contributed by atoms with Crippen molar-refractivity contribution in [1.29, 1.82) is 0 Å². The fourth-order valence-electron chi connectivity index (χ4n) is 1.01. The van der Waals surface area contributed by atoms with E-state index in [-0.39, 0.29) is 0 Å². The lowest BCUT2D eigenvalue weighted by molar-refractivity contribution is 0.617. The van der Waals surface area contributed by atoms with Gasteiger partial charge in [-0.1, -0.05) is 84.2 Å². The zero-order valence-corrected chi connectivity index (χ0v) is 11.5. The van der Waals surface area contributed by atoms with Crippen molar-refractivity contribution >= 4 is 45.2 Å². The molecular formula is C9H17I2. The van der Waals surface area contributed by atoms with Gasteiger partial charge in [0.1, 0.15) is 0 Å². The van der Waals surface area contributed by atoms with Crippen LogP contribution in [0.3, 0.4) is 0 Å². The Labute approximate surface area is 98.2 Å². The van der Waals surface area contributed by atoms with Crippen LogP contribution < -0.4 is 0 Å². The molecule has 0 saturated heterocycles. The molecule has 1 radical (unpaired) electrons. The fraction of sp³-hybridized carbons (Fsp3) is 0.889. The number of hydrogen-bond acceptors (Lipinski definition) is 0. The topological polar surface area (TPSA) is 0 Å². The third-order valence-corrected chi connectivity index (χ3v) is 4.95. The molecule has 0 aromatic carbocycles. The molecule has 0 saturated carbocycles. The van der Waals surface area contributed by atoms with Gasteiger partial charge in [-0.05, 0) is 6.42 Å². The first-order chi connectivity index (χ1) is 5.31. The quantitative estimate of drug-likeness (QED) is 0.340. The molecular weight excluding hydrogens is 362 g/mol. The summed E-state index contributed by atoms with van der Waals surface area (Å²) < 4.78 is 3.05. The minimum atomic E-state index is 0.787. The predicted octanol–water partition coefficient (Wildman–Crippen LogP) is 4.75. The van der Waals surface area contributed by atoms with Gasteiger partial charge in [0.15, 0.2) is 0 Å². The van der Waals surface area contributed by atoms with E-state index in [1.165, 1.54) is 38.5 Å². The van der Waals surface area contributed by atoms with E-state index in [0.717, 1.165) is 3.92 Å². The maximum absolute atomic E-state index is 2.50. The highest BCUT2D eigenvalue weighted by Crippen LogP contribution is 2.17. The summed E-state index contributed by atoms with van der Waals surface area (Å²) in [4.78, 5) is 0. The standard InChI is InChI=1S/C9H17I2/c1-2-3-4-5-6-7-9(11)8-10/h8-9H,2-7H2,1H3. The molecule has 0 aromatic heterocycles. The van der Waals surface area contributed by atoms with E-state index in [4.69, 9.17) is 0 Å². The number of alkyl halides is 1. The Kier molecular flexibility index (Phi) is 10.8. The molecule has 0 fully saturated rings. The van der Waals surface area contributed by atoms with Crippen LogP contribution in [-0.4, -0.2) is 3.92 Å². The van der Waals surface area contributed by atoms with Gasteiger partial charge in [0, 0.05) is 8.35 Å². The third-order valence-electron chi connectivity index (χ3n) is 1.72. The van der Waals surface area contributed by atoms with Crippen molar-refractivity contribution in [3.63, 3.8) is 0 Å². The van der Waals surface area contributed by atoms with Crippen LogP contribution in [0.15, 0.2) is 0 Å². The minimum absolute atomic E-state index is 0.787. The van der Waals surface area contributed by atoms with Gasteiger partial charge in [-0.2, -0.15) is 0 Å². The van der Waals surface area contributed by atoms with Crippen LogP contribution >= 0.6 is 45.2 Å². The first-order valence-electron chi connectivity index (χ1n) is 4.39. The van der Waals surface area contributed by atoms with Crippen molar-refractivity contribution in [1.82, 2.24) is 0 Å². The highest BCUT2D eigenvalue weighted by atomic mass is 127. The van der Waals surface area contributed by atoms with E-state index >= 15 is 0 Å². The van der Waals surface area contributed by atoms with Crippen LogP contribution in [0.1, 0.15) is 45.4 Å². The summed E-state index contributed by atoms with van der Waals surface area (Å²) >= 11 is 4.85. The zero-order chi connectivity index (χ0) is 8.53. The molecule has 0 aromatic rings. The molecule has 0 N–H and O–H groups in total. The summed E-state index contributed by atoms with van der Waals surface area (Å²) in [7, 11) is 0. The van der Waals surface area contributed by atoms with Crippen molar-refractivity contribution in [2.24, 2.45) is 0 Å². The number of unbranched alkanes of at least 4 members (excludes halogenated alkanes) is 4. The monoisotopic (exact) mass is 379 g/mol. The van der Waals surface area contributed by atoms with E-state index in [0.29, 0.717) is 0 Å². The molecule has 0 aliphatic heterocycles. The van der Waals surface area contributed by atoms with E-state index in [9.17, 15) is 0 Å². The Morgan fingerprint density at radius 3 is 2.36 bits per heavy atom. The van der Waals surface area contributed by atoms with Crippen LogP contribution in [0.25, 0.3) is 0 Å². The van der Waals surface area contributed by atoms with Crippen molar-refractivity contribution in [2.75, 3.05) is 0 Å². The molecule has 2 heteroatoms. The molecule has 0 heterocycles. The SMILES string of the molecule is CCCCCCCC(I)[CH]I. The van der Waals surface area contributed by atoms with Gasteiger partial charge in [-0.3, -0.25) is 0 Å². The molecule has 0 aliphatic carbocycles. The number of halogens is 2. The molecule has 67 valence electrons. The average Bonchev–Trinajstić information content (AvgIpc) is 2.04. The first kappa shape index (κ1) is 12.5. The number of hydrogen-bond donors (Lipinski definition) is 0. The first-order valence-corrected chi connectivity index (χ1v) is 6.88. The molecule has 0 amide bonds. The lowest BCUT2D eigenvalue weighted by Gasteiger charge is -2.03. The molecule has 11 heavy (non-hydrogen) atoms. The molecule has 1 atom stereocenters. The summed E-state index contributed by atoms with van der Waals surface area (Å²) in [6, 6.07) is 0. The smallest absolute Gasteiger partial charge is 0.0355 e. The maximum Gasteiger partial charge on any atom is 0.0355 e. The van der Waals surface area contributed by atoms with Crippen LogP contribution in [0.2, 0.25) is 0 Å². The van der Waals surface area contributed by atoms with Crippen LogP contribution in [0.4, 0.5) is 0 Å². The van der Waals surface area contributed by atoms with E-state index in [1.54, 1.807) is 0 Å². The number of rotatable bonds is 7. The Balaban J connectivity index is 2.89. The summed E-state index contributed by atoms with van der Waals surface area (Å²) in [5.41, 5.74) is 0. The minimum Gasteiger partial charge on any atom is -0.0814 e. The molecule has 0 spiro atoms. The van der Waals surface area contributed by atoms with E-state index < -0.39 is 0 Å². The molecule has 1 unspecified atom stereocenters. The van der Waals surface area contributed by atoms with Gasteiger partial charge in [0.25, 0.3) is 0 Å². The fourth-order valence-corrected chi connectivity index (χ4v) is 1.81. The van der Waals surface area contributed by atoms with Gasteiger partial charge < -0.3 is 0 Å². The molecule has 0 nitrogen and oxygen atoms in total. The highest BCUT2D eigenvalue weighted by molar-refractivity contribution is 14.1. The molecule has 0 bridgehead atoms. The van der Waals surface area contributed by atoms with Crippen LogP contribution in [0, 0.1) is 4.43 Å². The summed E-state index contributed by atoms with van der Waals surface area (Å²) in [6.07, 6.45) is 8.41. The second-order valence-electron chi connectivity index (χ2n) is 2.84. The van der Waals surface area contributed by atoms with Crippen molar-refractivity contribution in [3.05, 3.63) is 4.43 Å². The van der Waals surface area contributed by atoms with E-state index in [2.05, 4.69) is 56.5 Å². The lowest BCUT2D eigenvalue weighted by atomic mass is 10.1. The predicted molar refractivity (Wildman–Crippen MR) is 69.5 cm³/mol. The Bertz CT molecular complexity index is 74.0. The van der Waals surface area contributed by atoms with Crippen LogP contribution in [-0.2, 0) is 0 Å². The van der Waals surface area contributed by atoms with Gasteiger partial charge in [-0.15, -0.1) is 0 Å². The Hall–Kier alpha value is 1.46. The average molecular weight is 379 g/mol. The van der Waals surface area contributed by atoms with Gasteiger partial charge >= 0.3 is 0 Å². The van der Waals surface area contributed by atoms with Crippen molar-refractivity contribution < 1.29 is 0 Å². The van der Waals surface area contributed by atoms with Crippen molar-refractivity contribution in [2.45, 2.75) is 49.4 Å². The van der Waals surface area contributed by atoms with Crippen molar-refractivity contribution in [3.8, 4) is 0 Å². The summed E-state index contributed by atoms with van der Waals surface area (Å²) in [6.45, 7) is 2.26. The summed E-state index contributed by atoms with van der Waals surface area (Å²) in [5, 5.41) is 0. The van der Waals surface area contributed by atoms with Crippen LogP contribution in [0.5, 0.6) is 0 Å². The molecule has 0 aliphatic rings. The lowest BCUT2D eigenvalue weighted by Crippen LogP contribution is -1.93. The van der Waals surface area contributed by atoms with Gasteiger partial charge in [-0.25, -0.2) is 0 Å². The highest BCUT2D eigenvalue weighted by Gasteiger charge is 2.00. The normalized spacial score (nSPS) is 13.4. The largest absolute Gasteiger partial charge is 0.0814 e. The summed E-state index contributed by atoms with van der Waals surface area (Å²) in [5.74, 6) is 0. The van der Waals surface area contributed by atoms with E-state index in [1.807, 2.05) is 0 Å². The third kappa shape index (κ3) is 9.37. The Morgan fingerprint density at radius 1 is 1.18 bits per heavy atom. The zero-order valence-electron chi connectivity index (χ0n) is 7.15. The van der Waals surface area contributed by atoms with Gasteiger partial charge in [0.05, 0.1) is 0 Å². The second kappa shape index (κ2) is 9.55. The molecule has 0 rings (SSSR count). The maximum atomic E-state index is 2.50. The second-order valence-corrected chi connectivity index (χ2v) is 5.16.